The average Bonchev–Trinajstić information content (AvgIpc) is 2.45. The maximum atomic E-state index is 12.2. The second-order valence-corrected chi connectivity index (χ2v) is 4.82. The van der Waals surface area contributed by atoms with E-state index in [0.717, 1.165) is 16.9 Å². The SMILES string of the molecule is CN(C)c1ccc(CNc2cccc(OC(F)F)c2)cc1. The van der Waals surface area contributed by atoms with E-state index in [9.17, 15) is 8.78 Å². The Kier molecular flexibility index (Phi) is 4.98. The average molecular weight is 292 g/mol. The van der Waals surface area contributed by atoms with E-state index in [-0.39, 0.29) is 5.75 Å². The van der Waals surface area contributed by atoms with Gasteiger partial charge in [-0.3, -0.25) is 0 Å². The lowest BCUT2D eigenvalue weighted by atomic mass is 10.2. The maximum absolute atomic E-state index is 12.2. The van der Waals surface area contributed by atoms with Gasteiger partial charge >= 0.3 is 6.61 Å². The molecule has 1 N–H and O–H groups in total. The lowest BCUT2D eigenvalue weighted by Crippen LogP contribution is -2.08. The first-order valence-electron chi connectivity index (χ1n) is 6.59. The smallest absolute Gasteiger partial charge is 0.387 e. The molecule has 0 saturated carbocycles. The minimum Gasteiger partial charge on any atom is -0.435 e. The highest BCUT2D eigenvalue weighted by atomic mass is 19.3. The molecular formula is C16H18F2N2O. The van der Waals surface area contributed by atoms with Crippen molar-refractivity contribution in [3.8, 4) is 5.75 Å². The van der Waals surface area contributed by atoms with Crippen molar-refractivity contribution in [2.75, 3.05) is 24.3 Å². The summed E-state index contributed by atoms with van der Waals surface area (Å²) >= 11 is 0. The molecular weight excluding hydrogens is 274 g/mol. The molecule has 0 aliphatic heterocycles. The van der Waals surface area contributed by atoms with Crippen LogP contribution >= 0.6 is 0 Å². The van der Waals surface area contributed by atoms with Crippen LogP contribution in [0.25, 0.3) is 0 Å². The highest BCUT2D eigenvalue weighted by Gasteiger charge is 2.04. The summed E-state index contributed by atoms with van der Waals surface area (Å²) in [6.45, 7) is -2.19. The normalized spacial score (nSPS) is 10.5. The first-order valence-corrected chi connectivity index (χ1v) is 6.59. The predicted molar refractivity (Wildman–Crippen MR) is 81.2 cm³/mol. The van der Waals surface area contributed by atoms with Crippen LogP contribution in [0.4, 0.5) is 20.2 Å². The number of nitrogens with one attached hydrogen (secondary N) is 1. The van der Waals surface area contributed by atoms with Crippen LogP contribution in [0.5, 0.6) is 5.75 Å². The second-order valence-electron chi connectivity index (χ2n) is 4.82. The fraction of sp³-hybridized carbons (Fsp3) is 0.250. The van der Waals surface area contributed by atoms with Gasteiger partial charge in [0.05, 0.1) is 0 Å². The quantitative estimate of drug-likeness (QED) is 0.872. The molecule has 2 rings (SSSR count). The summed E-state index contributed by atoms with van der Waals surface area (Å²) in [5.74, 6) is 0.151. The lowest BCUT2D eigenvalue weighted by Gasteiger charge is -2.13. The predicted octanol–water partition coefficient (Wildman–Crippen LogP) is 3.97. The number of alkyl halides is 2. The Morgan fingerprint density at radius 2 is 1.81 bits per heavy atom. The summed E-state index contributed by atoms with van der Waals surface area (Å²) < 4.78 is 28.7. The molecule has 2 aromatic carbocycles. The fourth-order valence-corrected chi connectivity index (χ4v) is 1.90. The van der Waals surface area contributed by atoms with Gasteiger partial charge in [-0.1, -0.05) is 18.2 Å². The number of hydrogen-bond donors (Lipinski definition) is 1. The van der Waals surface area contributed by atoms with Crippen molar-refractivity contribution in [1.82, 2.24) is 0 Å². The van der Waals surface area contributed by atoms with Crippen molar-refractivity contribution in [1.29, 1.82) is 0 Å². The molecule has 2 aromatic rings. The third-order valence-corrected chi connectivity index (χ3v) is 3.01. The van der Waals surface area contributed by atoms with Crippen LogP contribution < -0.4 is 15.0 Å². The van der Waals surface area contributed by atoms with Crippen LogP contribution in [0.1, 0.15) is 5.56 Å². The highest BCUT2D eigenvalue weighted by molar-refractivity contribution is 5.50. The number of nitrogens with zero attached hydrogens (tertiary/aromatic N) is 1. The lowest BCUT2D eigenvalue weighted by molar-refractivity contribution is -0.0498. The minimum atomic E-state index is -2.81. The standard InChI is InChI=1S/C16H18F2N2O/c1-20(2)14-8-6-12(7-9-14)11-19-13-4-3-5-15(10-13)21-16(17)18/h3-10,16,19H,11H2,1-2H3. The second kappa shape index (κ2) is 6.92. The zero-order valence-corrected chi connectivity index (χ0v) is 12.0. The molecule has 0 unspecified atom stereocenters. The number of rotatable bonds is 6. The number of halogens is 2. The van der Waals surface area contributed by atoms with Crippen molar-refractivity contribution in [3.63, 3.8) is 0 Å². The van der Waals surface area contributed by atoms with Crippen molar-refractivity contribution in [2.45, 2.75) is 13.2 Å². The molecule has 0 bridgehead atoms. The molecule has 0 radical (unpaired) electrons. The van der Waals surface area contributed by atoms with Gasteiger partial charge in [-0.05, 0) is 29.8 Å². The van der Waals surface area contributed by atoms with Gasteiger partial charge in [-0.15, -0.1) is 0 Å². The molecule has 112 valence electrons. The molecule has 0 aromatic heterocycles. The first-order chi connectivity index (χ1) is 10.0. The summed E-state index contributed by atoms with van der Waals surface area (Å²) in [5, 5.41) is 3.18. The van der Waals surface area contributed by atoms with Gasteiger partial charge in [0.15, 0.2) is 0 Å². The Morgan fingerprint density at radius 1 is 1.10 bits per heavy atom. The van der Waals surface area contributed by atoms with Gasteiger partial charge in [0.1, 0.15) is 5.75 Å². The third kappa shape index (κ3) is 4.63. The van der Waals surface area contributed by atoms with Crippen molar-refractivity contribution in [3.05, 3.63) is 54.1 Å². The van der Waals surface area contributed by atoms with Gasteiger partial charge in [0.25, 0.3) is 0 Å². The zero-order chi connectivity index (χ0) is 15.2. The minimum absolute atomic E-state index is 0.151. The maximum Gasteiger partial charge on any atom is 0.387 e. The van der Waals surface area contributed by atoms with E-state index in [1.807, 2.05) is 49.3 Å². The Labute approximate surface area is 123 Å². The topological polar surface area (TPSA) is 24.5 Å². The summed E-state index contributed by atoms with van der Waals surface area (Å²) in [7, 11) is 3.98. The van der Waals surface area contributed by atoms with Crippen LogP contribution in [-0.2, 0) is 6.54 Å². The van der Waals surface area contributed by atoms with E-state index in [2.05, 4.69) is 10.1 Å². The van der Waals surface area contributed by atoms with E-state index >= 15 is 0 Å². The van der Waals surface area contributed by atoms with Crippen LogP contribution in [0.2, 0.25) is 0 Å². The van der Waals surface area contributed by atoms with Gasteiger partial charge in [0.2, 0.25) is 0 Å². The Balaban J connectivity index is 1.96. The fourth-order valence-electron chi connectivity index (χ4n) is 1.90. The van der Waals surface area contributed by atoms with Crippen LogP contribution in [0.15, 0.2) is 48.5 Å². The monoisotopic (exact) mass is 292 g/mol. The van der Waals surface area contributed by atoms with Crippen molar-refractivity contribution < 1.29 is 13.5 Å². The molecule has 0 saturated heterocycles. The molecule has 0 fully saturated rings. The molecule has 0 aliphatic carbocycles. The molecule has 0 aliphatic rings. The molecule has 0 spiro atoms. The number of anilines is 2. The van der Waals surface area contributed by atoms with E-state index in [1.54, 1.807) is 12.1 Å². The molecule has 5 heteroatoms. The Bertz CT molecular complexity index is 571. The van der Waals surface area contributed by atoms with Gasteiger partial charge in [0, 0.05) is 38.1 Å². The number of hydrogen-bond acceptors (Lipinski definition) is 3. The molecule has 21 heavy (non-hydrogen) atoms. The summed E-state index contributed by atoms with van der Waals surface area (Å²) in [6, 6.07) is 14.7. The van der Waals surface area contributed by atoms with E-state index in [4.69, 9.17) is 0 Å². The van der Waals surface area contributed by atoms with E-state index in [1.165, 1.54) is 6.07 Å². The van der Waals surface area contributed by atoms with Crippen LogP contribution in [-0.4, -0.2) is 20.7 Å². The first kappa shape index (κ1) is 15.1. The van der Waals surface area contributed by atoms with E-state index < -0.39 is 6.61 Å². The van der Waals surface area contributed by atoms with E-state index in [0.29, 0.717) is 6.54 Å². The number of ether oxygens (including phenoxy) is 1. The van der Waals surface area contributed by atoms with Gasteiger partial charge in [-0.25, -0.2) is 0 Å². The molecule has 0 heterocycles. The molecule has 3 nitrogen and oxygen atoms in total. The largest absolute Gasteiger partial charge is 0.435 e. The Hall–Kier alpha value is -2.30. The summed E-state index contributed by atoms with van der Waals surface area (Å²) in [4.78, 5) is 2.03. The molecule has 0 amide bonds. The van der Waals surface area contributed by atoms with Crippen molar-refractivity contribution >= 4 is 11.4 Å². The highest BCUT2D eigenvalue weighted by Crippen LogP contribution is 2.20. The summed E-state index contributed by atoms with van der Waals surface area (Å²) in [6.07, 6.45) is 0. The third-order valence-electron chi connectivity index (χ3n) is 3.01. The number of benzene rings is 2. The zero-order valence-electron chi connectivity index (χ0n) is 12.0. The van der Waals surface area contributed by atoms with Gasteiger partial charge in [-0.2, -0.15) is 8.78 Å². The van der Waals surface area contributed by atoms with Crippen LogP contribution in [0.3, 0.4) is 0 Å². The van der Waals surface area contributed by atoms with Crippen LogP contribution in [0, 0.1) is 0 Å². The Morgan fingerprint density at radius 3 is 2.43 bits per heavy atom. The summed E-state index contributed by atoms with van der Waals surface area (Å²) in [5.41, 5.74) is 2.98. The molecule has 0 atom stereocenters. The van der Waals surface area contributed by atoms with Gasteiger partial charge < -0.3 is 15.0 Å². The van der Waals surface area contributed by atoms with Crippen molar-refractivity contribution in [2.24, 2.45) is 0 Å².